The SMILES string of the molecule is Cn1cnnc1-c1ccc(Cl)c(Br)c1. The molecule has 0 atom stereocenters. The van der Waals surface area contributed by atoms with Crippen molar-refractivity contribution in [3.05, 3.63) is 34.0 Å². The molecule has 1 heterocycles. The molecular weight excluding hydrogens is 265 g/mol. The van der Waals surface area contributed by atoms with E-state index in [0.29, 0.717) is 5.02 Å². The lowest BCUT2D eigenvalue weighted by molar-refractivity contribution is 0.919. The van der Waals surface area contributed by atoms with Gasteiger partial charge in [-0.25, -0.2) is 0 Å². The molecule has 2 rings (SSSR count). The molecule has 0 amide bonds. The quantitative estimate of drug-likeness (QED) is 0.799. The summed E-state index contributed by atoms with van der Waals surface area (Å²) in [6.07, 6.45) is 1.66. The number of halogens is 2. The van der Waals surface area contributed by atoms with Gasteiger partial charge in [0, 0.05) is 17.1 Å². The van der Waals surface area contributed by atoms with E-state index in [4.69, 9.17) is 11.6 Å². The minimum Gasteiger partial charge on any atom is -0.317 e. The Bertz CT molecular complexity index is 467. The third-order valence-corrected chi connectivity index (χ3v) is 3.10. The van der Waals surface area contributed by atoms with Gasteiger partial charge in [-0.1, -0.05) is 11.6 Å². The molecule has 0 saturated carbocycles. The van der Waals surface area contributed by atoms with E-state index < -0.39 is 0 Å². The first-order valence-electron chi connectivity index (χ1n) is 3.98. The van der Waals surface area contributed by atoms with Gasteiger partial charge in [-0.2, -0.15) is 0 Å². The number of hydrogen-bond donors (Lipinski definition) is 0. The number of aromatic nitrogens is 3. The Kier molecular flexibility index (Phi) is 2.56. The smallest absolute Gasteiger partial charge is 0.163 e. The predicted molar refractivity (Wildman–Crippen MR) is 59.1 cm³/mol. The van der Waals surface area contributed by atoms with Crippen molar-refractivity contribution in [2.45, 2.75) is 0 Å². The third kappa shape index (κ3) is 1.67. The van der Waals surface area contributed by atoms with Crippen LogP contribution in [-0.4, -0.2) is 14.8 Å². The maximum Gasteiger partial charge on any atom is 0.163 e. The summed E-state index contributed by atoms with van der Waals surface area (Å²) in [5, 5.41) is 8.51. The third-order valence-electron chi connectivity index (χ3n) is 1.89. The lowest BCUT2D eigenvalue weighted by Gasteiger charge is -2.01. The van der Waals surface area contributed by atoms with Crippen molar-refractivity contribution in [1.82, 2.24) is 14.8 Å². The van der Waals surface area contributed by atoms with E-state index in [1.54, 1.807) is 6.33 Å². The molecule has 0 saturated heterocycles. The van der Waals surface area contributed by atoms with Crippen LogP contribution in [-0.2, 0) is 7.05 Å². The molecule has 3 nitrogen and oxygen atoms in total. The molecular formula is C9H7BrClN3. The summed E-state index contributed by atoms with van der Waals surface area (Å²) in [6, 6.07) is 5.67. The Balaban J connectivity index is 2.53. The van der Waals surface area contributed by atoms with Crippen molar-refractivity contribution < 1.29 is 0 Å². The molecule has 2 aromatic rings. The fourth-order valence-electron chi connectivity index (χ4n) is 1.18. The molecule has 0 aliphatic carbocycles. The van der Waals surface area contributed by atoms with Gasteiger partial charge in [0.2, 0.25) is 0 Å². The summed E-state index contributed by atoms with van der Waals surface area (Å²) in [5.74, 6) is 0.822. The zero-order valence-corrected chi connectivity index (χ0v) is 9.75. The molecule has 72 valence electrons. The fraction of sp³-hybridized carbons (Fsp3) is 0.111. The van der Waals surface area contributed by atoms with E-state index in [1.165, 1.54) is 0 Å². The van der Waals surface area contributed by atoms with Crippen LogP contribution in [0.3, 0.4) is 0 Å². The fourth-order valence-corrected chi connectivity index (χ4v) is 1.68. The van der Waals surface area contributed by atoms with Crippen LogP contribution in [0.4, 0.5) is 0 Å². The van der Waals surface area contributed by atoms with Gasteiger partial charge in [-0.05, 0) is 34.1 Å². The normalized spacial score (nSPS) is 10.5. The average Bonchev–Trinajstić information content (AvgIpc) is 2.57. The molecule has 0 N–H and O–H groups in total. The van der Waals surface area contributed by atoms with Crippen LogP contribution in [0.5, 0.6) is 0 Å². The van der Waals surface area contributed by atoms with E-state index in [1.807, 2.05) is 29.8 Å². The van der Waals surface area contributed by atoms with Gasteiger partial charge < -0.3 is 4.57 Å². The lowest BCUT2D eigenvalue weighted by Crippen LogP contribution is -1.90. The predicted octanol–water partition coefficient (Wildman–Crippen LogP) is 2.90. The highest BCUT2D eigenvalue weighted by Gasteiger charge is 2.06. The molecule has 0 aliphatic heterocycles. The van der Waals surface area contributed by atoms with Crippen LogP contribution in [0.25, 0.3) is 11.4 Å². The van der Waals surface area contributed by atoms with Crippen molar-refractivity contribution in [3.8, 4) is 11.4 Å². The number of hydrogen-bond acceptors (Lipinski definition) is 2. The highest BCUT2D eigenvalue weighted by molar-refractivity contribution is 9.10. The second-order valence-corrected chi connectivity index (χ2v) is 4.16. The summed E-state index contributed by atoms with van der Waals surface area (Å²) < 4.78 is 2.72. The first-order valence-corrected chi connectivity index (χ1v) is 5.15. The van der Waals surface area contributed by atoms with Gasteiger partial charge in [-0.3, -0.25) is 0 Å². The summed E-state index contributed by atoms with van der Waals surface area (Å²) in [7, 11) is 1.90. The first kappa shape index (κ1) is 9.68. The van der Waals surface area contributed by atoms with Gasteiger partial charge in [-0.15, -0.1) is 10.2 Å². The van der Waals surface area contributed by atoms with Crippen molar-refractivity contribution in [1.29, 1.82) is 0 Å². The molecule has 5 heteroatoms. The molecule has 0 spiro atoms. The second kappa shape index (κ2) is 3.71. The van der Waals surface area contributed by atoms with Crippen LogP contribution in [0.1, 0.15) is 0 Å². The summed E-state index contributed by atoms with van der Waals surface area (Å²) in [6.45, 7) is 0. The molecule has 0 bridgehead atoms. The van der Waals surface area contributed by atoms with Crippen molar-refractivity contribution in [2.75, 3.05) is 0 Å². The monoisotopic (exact) mass is 271 g/mol. The van der Waals surface area contributed by atoms with E-state index in [2.05, 4.69) is 26.1 Å². The van der Waals surface area contributed by atoms with Crippen LogP contribution in [0.15, 0.2) is 29.0 Å². The van der Waals surface area contributed by atoms with Crippen molar-refractivity contribution >= 4 is 27.5 Å². The van der Waals surface area contributed by atoms with E-state index >= 15 is 0 Å². The van der Waals surface area contributed by atoms with Crippen molar-refractivity contribution in [2.24, 2.45) is 7.05 Å². The maximum absolute atomic E-state index is 5.89. The summed E-state index contributed by atoms with van der Waals surface area (Å²) >= 11 is 9.26. The van der Waals surface area contributed by atoms with Crippen molar-refractivity contribution in [3.63, 3.8) is 0 Å². The minimum atomic E-state index is 0.691. The zero-order valence-electron chi connectivity index (χ0n) is 7.41. The molecule has 0 unspecified atom stereocenters. The first-order chi connectivity index (χ1) is 6.68. The van der Waals surface area contributed by atoms with Crippen LogP contribution in [0, 0.1) is 0 Å². The van der Waals surface area contributed by atoms with Gasteiger partial charge in [0.15, 0.2) is 5.82 Å². The Labute approximate surface area is 94.9 Å². The summed E-state index contributed by atoms with van der Waals surface area (Å²) in [4.78, 5) is 0. The summed E-state index contributed by atoms with van der Waals surface area (Å²) in [5.41, 5.74) is 0.987. The van der Waals surface area contributed by atoms with E-state index in [9.17, 15) is 0 Å². The molecule has 0 fully saturated rings. The lowest BCUT2D eigenvalue weighted by atomic mass is 10.2. The average molecular weight is 273 g/mol. The number of aryl methyl sites for hydroxylation is 1. The minimum absolute atomic E-state index is 0.691. The number of benzene rings is 1. The van der Waals surface area contributed by atoms with Gasteiger partial charge in [0.1, 0.15) is 6.33 Å². The molecule has 0 aliphatic rings. The van der Waals surface area contributed by atoms with E-state index in [0.717, 1.165) is 15.9 Å². The van der Waals surface area contributed by atoms with Crippen LogP contribution in [0.2, 0.25) is 5.02 Å². The van der Waals surface area contributed by atoms with Gasteiger partial charge in [0.25, 0.3) is 0 Å². The highest BCUT2D eigenvalue weighted by Crippen LogP contribution is 2.27. The number of nitrogens with zero attached hydrogens (tertiary/aromatic N) is 3. The Morgan fingerprint density at radius 2 is 2.21 bits per heavy atom. The molecule has 0 radical (unpaired) electrons. The number of rotatable bonds is 1. The molecule has 14 heavy (non-hydrogen) atoms. The van der Waals surface area contributed by atoms with Gasteiger partial charge in [0.05, 0.1) is 5.02 Å². The second-order valence-electron chi connectivity index (χ2n) is 2.89. The molecule has 1 aromatic heterocycles. The zero-order chi connectivity index (χ0) is 10.1. The molecule has 1 aromatic carbocycles. The highest BCUT2D eigenvalue weighted by atomic mass is 79.9. The Hall–Kier alpha value is -0.870. The van der Waals surface area contributed by atoms with Crippen LogP contribution >= 0.6 is 27.5 Å². The largest absolute Gasteiger partial charge is 0.317 e. The topological polar surface area (TPSA) is 30.7 Å². The van der Waals surface area contributed by atoms with E-state index in [-0.39, 0.29) is 0 Å². The standard InChI is InChI=1S/C9H7BrClN3/c1-14-5-12-13-9(14)6-2-3-8(11)7(10)4-6/h2-5H,1H3. The van der Waals surface area contributed by atoms with Crippen LogP contribution < -0.4 is 0 Å². The Morgan fingerprint density at radius 1 is 1.43 bits per heavy atom. The Morgan fingerprint density at radius 3 is 2.79 bits per heavy atom. The maximum atomic E-state index is 5.89. The van der Waals surface area contributed by atoms with Gasteiger partial charge >= 0.3 is 0 Å².